The normalized spacial score (nSPS) is 19.8. The van der Waals surface area contributed by atoms with E-state index in [0.29, 0.717) is 0 Å². The van der Waals surface area contributed by atoms with Gasteiger partial charge >= 0.3 is 0 Å². The molecule has 0 radical (unpaired) electrons. The summed E-state index contributed by atoms with van der Waals surface area (Å²) in [6.45, 7) is 5.79. The van der Waals surface area contributed by atoms with Crippen LogP contribution >= 0.6 is 15.9 Å². The summed E-state index contributed by atoms with van der Waals surface area (Å²) in [5, 5.41) is 6.38. The maximum Gasteiger partial charge on any atom is 0.230 e. The third-order valence-electron chi connectivity index (χ3n) is 3.51. The predicted octanol–water partition coefficient (Wildman–Crippen LogP) is 2.20. The van der Waals surface area contributed by atoms with Gasteiger partial charge in [0.05, 0.1) is 5.41 Å². The molecule has 1 aromatic rings. The van der Waals surface area contributed by atoms with Gasteiger partial charge in [-0.25, -0.2) is 0 Å². The minimum Gasteiger partial charge on any atom is -0.351 e. The zero-order valence-electron chi connectivity index (χ0n) is 10.8. The molecule has 1 amide bonds. The Morgan fingerprint density at radius 2 is 2.28 bits per heavy atom. The average Bonchev–Trinajstić information content (AvgIpc) is 2.81. The Bertz CT molecular complexity index is 439. The molecule has 4 heteroatoms. The standard InChI is InChI=1S/C14H19BrN2O/c1-14(2,10-4-3-5-11(15)8-10)13(18)17-12-6-7-16-9-12/h3-5,8,12,16H,6-7,9H2,1-2H3,(H,17,18). The van der Waals surface area contributed by atoms with Crippen molar-refractivity contribution < 1.29 is 4.79 Å². The molecule has 0 bridgehead atoms. The van der Waals surface area contributed by atoms with Crippen molar-refractivity contribution in [2.75, 3.05) is 13.1 Å². The lowest BCUT2D eigenvalue weighted by Gasteiger charge is -2.26. The molecule has 2 rings (SSSR count). The molecule has 0 spiro atoms. The molecule has 1 aromatic carbocycles. The second-order valence-electron chi connectivity index (χ2n) is 5.30. The smallest absolute Gasteiger partial charge is 0.230 e. The van der Waals surface area contributed by atoms with Crippen molar-refractivity contribution in [3.63, 3.8) is 0 Å². The molecule has 0 saturated carbocycles. The van der Waals surface area contributed by atoms with Crippen LogP contribution in [0.3, 0.4) is 0 Å². The van der Waals surface area contributed by atoms with Crippen LogP contribution in [0.2, 0.25) is 0 Å². The van der Waals surface area contributed by atoms with Gasteiger partial charge in [0.25, 0.3) is 0 Å². The van der Waals surface area contributed by atoms with Crippen LogP contribution in [-0.4, -0.2) is 25.0 Å². The van der Waals surface area contributed by atoms with Crippen LogP contribution in [-0.2, 0) is 10.2 Å². The molecule has 1 fully saturated rings. The average molecular weight is 311 g/mol. The van der Waals surface area contributed by atoms with Gasteiger partial charge in [0.2, 0.25) is 5.91 Å². The number of rotatable bonds is 3. The van der Waals surface area contributed by atoms with Crippen LogP contribution in [0, 0.1) is 0 Å². The number of hydrogen-bond donors (Lipinski definition) is 2. The second kappa shape index (κ2) is 5.41. The van der Waals surface area contributed by atoms with Gasteiger partial charge in [-0.3, -0.25) is 4.79 Å². The highest BCUT2D eigenvalue weighted by Gasteiger charge is 2.31. The van der Waals surface area contributed by atoms with Gasteiger partial charge in [0.15, 0.2) is 0 Å². The molecule has 1 aliphatic rings. The van der Waals surface area contributed by atoms with E-state index in [2.05, 4.69) is 26.6 Å². The van der Waals surface area contributed by atoms with Crippen molar-refractivity contribution in [3.8, 4) is 0 Å². The zero-order valence-corrected chi connectivity index (χ0v) is 12.4. The van der Waals surface area contributed by atoms with Crippen molar-refractivity contribution in [1.82, 2.24) is 10.6 Å². The lowest BCUT2D eigenvalue weighted by atomic mass is 9.83. The summed E-state index contributed by atoms with van der Waals surface area (Å²) in [6.07, 6.45) is 1.01. The number of amides is 1. The van der Waals surface area contributed by atoms with Gasteiger partial charge in [-0.1, -0.05) is 28.1 Å². The highest BCUT2D eigenvalue weighted by atomic mass is 79.9. The number of benzene rings is 1. The molecule has 98 valence electrons. The van der Waals surface area contributed by atoms with Crippen molar-refractivity contribution in [2.24, 2.45) is 0 Å². The van der Waals surface area contributed by atoms with Crippen LogP contribution in [0.15, 0.2) is 28.7 Å². The van der Waals surface area contributed by atoms with E-state index in [0.717, 1.165) is 29.5 Å². The number of hydrogen-bond acceptors (Lipinski definition) is 2. The van der Waals surface area contributed by atoms with Gasteiger partial charge in [0.1, 0.15) is 0 Å². The van der Waals surface area contributed by atoms with Crippen LogP contribution in [0.5, 0.6) is 0 Å². The van der Waals surface area contributed by atoms with E-state index in [9.17, 15) is 4.79 Å². The molecule has 1 unspecified atom stereocenters. The first-order chi connectivity index (χ1) is 8.50. The zero-order chi connectivity index (χ0) is 13.2. The molecular formula is C14H19BrN2O. The highest BCUT2D eigenvalue weighted by Crippen LogP contribution is 2.26. The van der Waals surface area contributed by atoms with Crippen molar-refractivity contribution in [3.05, 3.63) is 34.3 Å². The van der Waals surface area contributed by atoms with E-state index >= 15 is 0 Å². The van der Waals surface area contributed by atoms with E-state index in [-0.39, 0.29) is 11.9 Å². The topological polar surface area (TPSA) is 41.1 Å². The summed E-state index contributed by atoms with van der Waals surface area (Å²) in [5.41, 5.74) is 0.521. The Balaban J connectivity index is 2.11. The lowest BCUT2D eigenvalue weighted by molar-refractivity contribution is -0.126. The number of nitrogens with one attached hydrogen (secondary N) is 2. The SMILES string of the molecule is CC(C)(C(=O)NC1CCNC1)c1cccc(Br)c1. The molecule has 1 saturated heterocycles. The van der Waals surface area contributed by atoms with E-state index < -0.39 is 5.41 Å². The predicted molar refractivity (Wildman–Crippen MR) is 76.6 cm³/mol. The fourth-order valence-corrected chi connectivity index (χ4v) is 2.55. The molecule has 1 aliphatic heterocycles. The molecule has 3 nitrogen and oxygen atoms in total. The first kappa shape index (κ1) is 13.6. The molecule has 0 aromatic heterocycles. The van der Waals surface area contributed by atoms with Crippen molar-refractivity contribution in [1.29, 1.82) is 0 Å². The summed E-state index contributed by atoms with van der Waals surface area (Å²) >= 11 is 3.45. The largest absolute Gasteiger partial charge is 0.351 e. The van der Waals surface area contributed by atoms with E-state index in [1.165, 1.54) is 0 Å². The Labute approximate surface area is 116 Å². The van der Waals surface area contributed by atoms with E-state index in [4.69, 9.17) is 0 Å². The minimum atomic E-state index is -0.508. The Morgan fingerprint density at radius 3 is 2.89 bits per heavy atom. The number of carbonyl (C=O) groups excluding carboxylic acids is 1. The summed E-state index contributed by atoms with van der Waals surface area (Å²) in [4.78, 5) is 12.4. The van der Waals surface area contributed by atoms with Crippen molar-refractivity contribution in [2.45, 2.75) is 31.7 Å². The monoisotopic (exact) mass is 310 g/mol. The fraction of sp³-hybridized carbons (Fsp3) is 0.500. The third-order valence-corrected chi connectivity index (χ3v) is 4.00. The Kier molecular flexibility index (Phi) is 4.07. The van der Waals surface area contributed by atoms with Gasteiger partial charge in [-0.05, 0) is 44.5 Å². The van der Waals surface area contributed by atoms with Crippen LogP contribution < -0.4 is 10.6 Å². The maximum atomic E-state index is 12.4. The van der Waals surface area contributed by atoms with Crippen LogP contribution in [0.1, 0.15) is 25.8 Å². The molecular weight excluding hydrogens is 292 g/mol. The summed E-state index contributed by atoms with van der Waals surface area (Å²) in [6, 6.07) is 8.21. The molecule has 0 aliphatic carbocycles. The lowest BCUT2D eigenvalue weighted by Crippen LogP contribution is -2.45. The number of halogens is 1. The summed E-state index contributed by atoms with van der Waals surface area (Å²) < 4.78 is 1.00. The summed E-state index contributed by atoms with van der Waals surface area (Å²) in [5.74, 6) is 0.0919. The van der Waals surface area contributed by atoms with Crippen LogP contribution in [0.25, 0.3) is 0 Å². The van der Waals surface area contributed by atoms with Crippen LogP contribution in [0.4, 0.5) is 0 Å². The first-order valence-electron chi connectivity index (χ1n) is 6.28. The fourth-order valence-electron chi connectivity index (χ4n) is 2.15. The number of carbonyl (C=O) groups is 1. The van der Waals surface area contributed by atoms with Gasteiger partial charge in [-0.2, -0.15) is 0 Å². The maximum absolute atomic E-state index is 12.4. The second-order valence-corrected chi connectivity index (χ2v) is 6.21. The molecule has 18 heavy (non-hydrogen) atoms. The van der Waals surface area contributed by atoms with Crippen molar-refractivity contribution >= 4 is 21.8 Å². The molecule has 2 N–H and O–H groups in total. The third kappa shape index (κ3) is 2.93. The highest BCUT2D eigenvalue weighted by molar-refractivity contribution is 9.10. The van der Waals surface area contributed by atoms with Gasteiger partial charge in [0, 0.05) is 17.1 Å². The quantitative estimate of drug-likeness (QED) is 0.898. The minimum absolute atomic E-state index is 0.0919. The summed E-state index contributed by atoms with van der Waals surface area (Å²) in [7, 11) is 0. The Hall–Kier alpha value is -0.870. The Morgan fingerprint density at radius 1 is 1.50 bits per heavy atom. The van der Waals surface area contributed by atoms with Gasteiger partial charge < -0.3 is 10.6 Å². The first-order valence-corrected chi connectivity index (χ1v) is 7.07. The molecule has 1 heterocycles. The van der Waals surface area contributed by atoms with Gasteiger partial charge in [-0.15, -0.1) is 0 Å². The van der Waals surface area contributed by atoms with E-state index in [1.54, 1.807) is 0 Å². The molecule has 1 atom stereocenters. The van der Waals surface area contributed by atoms with E-state index in [1.807, 2.05) is 38.1 Å².